The number of nitrogens with zero attached hydrogens (tertiary/aromatic N) is 1. The summed E-state index contributed by atoms with van der Waals surface area (Å²) in [6.45, 7) is 7.51. The van der Waals surface area contributed by atoms with Crippen LogP contribution in [0.15, 0.2) is 24.3 Å². The zero-order chi connectivity index (χ0) is 14.0. The maximum absolute atomic E-state index is 10.6. The van der Waals surface area contributed by atoms with Crippen molar-refractivity contribution in [2.24, 2.45) is 5.73 Å². The van der Waals surface area contributed by atoms with Crippen LogP contribution in [0.4, 0.5) is 0 Å². The molecule has 2 N–H and O–H groups in total. The molecule has 1 amide bonds. The van der Waals surface area contributed by atoms with Crippen LogP contribution in [-0.2, 0) is 4.79 Å². The van der Waals surface area contributed by atoms with E-state index in [0.29, 0.717) is 13.2 Å². The third-order valence-corrected chi connectivity index (χ3v) is 2.16. The van der Waals surface area contributed by atoms with Crippen LogP contribution in [0.2, 0.25) is 0 Å². The maximum Gasteiger partial charge on any atom is 0.231 e. The smallest absolute Gasteiger partial charge is 0.231 e. The van der Waals surface area contributed by atoms with E-state index in [9.17, 15) is 4.79 Å². The molecule has 0 saturated heterocycles. The summed E-state index contributed by atoms with van der Waals surface area (Å²) in [5.74, 6) is 0.533. The number of primary amides is 1. The van der Waals surface area contributed by atoms with Crippen molar-refractivity contribution >= 4 is 5.91 Å². The Kier molecular flexibility index (Phi) is 8.66. The molecule has 0 radical (unpaired) electrons. The largest absolute Gasteiger partial charge is 0.492 e. The molecule has 0 aromatic heterocycles. The van der Waals surface area contributed by atoms with Crippen molar-refractivity contribution in [1.29, 1.82) is 0 Å². The van der Waals surface area contributed by atoms with Gasteiger partial charge in [0.25, 0.3) is 0 Å². The molecular weight excluding hydrogens is 228 g/mol. The van der Waals surface area contributed by atoms with E-state index in [2.05, 4.69) is 0 Å². The minimum absolute atomic E-state index is 0.261. The summed E-state index contributed by atoms with van der Waals surface area (Å²) in [5.41, 5.74) is 6.24. The van der Waals surface area contributed by atoms with Gasteiger partial charge in [-0.2, -0.15) is 0 Å². The second-order valence-corrected chi connectivity index (χ2v) is 3.87. The van der Waals surface area contributed by atoms with Crippen LogP contribution in [0.3, 0.4) is 0 Å². The Morgan fingerprint density at radius 2 is 2.06 bits per heavy atom. The normalized spacial score (nSPS) is 9.61. The van der Waals surface area contributed by atoms with Gasteiger partial charge in [-0.05, 0) is 31.7 Å². The molecule has 18 heavy (non-hydrogen) atoms. The monoisotopic (exact) mass is 252 g/mol. The minimum Gasteiger partial charge on any atom is -0.492 e. The molecule has 4 heteroatoms. The van der Waals surface area contributed by atoms with Crippen LogP contribution >= 0.6 is 0 Å². The fourth-order valence-electron chi connectivity index (χ4n) is 1.37. The Labute approximate surface area is 110 Å². The van der Waals surface area contributed by atoms with E-state index < -0.39 is 0 Å². The Morgan fingerprint density at radius 3 is 2.61 bits per heavy atom. The van der Waals surface area contributed by atoms with Crippen molar-refractivity contribution < 1.29 is 9.53 Å². The molecule has 4 nitrogen and oxygen atoms in total. The van der Waals surface area contributed by atoms with Crippen LogP contribution in [0, 0.1) is 6.92 Å². The lowest BCUT2D eigenvalue weighted by molar-refractivity contribution is -0.118. The molecule has 0 aliphatic carbocycles. The highest BCUT2D eigenvalue weighted by Gasteiger charge is 2.02. The quantitative estimate of drug-likeness (QED) is 0.840. The number of carbonyl (C=O) groups is 1. The molecule has 1 rings (SSSR count). The summed E-state index contributed by atoms with van der Waals surface area (Å²) in [6.07, 6.45) is 0. The highest BCUT2D eigenvalue weighted by atomic mass is 16.5. The second kappa shape index (κ2) is 9.48. The molecule has 0 aliphatic rings. The summed E-state index contributed by atoms with van der Waals surface area (Å²) in [4.78, 5) is 12.5. The first-order chi connectivity index (χ1) is 8.58. The average Bonchev–Trinajstić information content (AvgIpc) is 2.30. The summed E-state index contributed by atoms with van der Waals surface area (Å²) < 4.78 is 5.55. The summed E-state index contributed by atoms with van der Waals surface area (Å²) in [6, 6.07) is 7.87. The van der Waals surface area contributed by atoms with Crippen molar-refractivity contribution in [2.75, 3.05) is 26.7 Å². The Morgan fingerprint density at radius 1 is 1.39 bits per heavy atom. The van der Waals surface area contributed by atoms with Crippen molar-refractivity contribution in [2.45, 2.75) is 20.8 Å². The number of hydrogen-bond donors (Lipinski definition) is 1. The van der Waals surface area contributed by atoms with E-state index in [4.69, 9.17) is 10.5 Å². The molecule has 0 fully saturated rings. The van der Waals surface area contributed by atoms with Gasteiger partial charge in [-0.1, -0.05) is 26.0 Å². The first-order valence-corrected chi connectivity index (χ1v) is 6.24. The van der Waals surface area contributed by atoms with Crippen molar-refractivity contribution in [3.63, 3.8) is 0 Å². The van der Waals surface area contributed by atoms with Gasteiger partial charge < -0.3 is 10.5 Å². The molecule has 1 aromatic carbocycles. The number of aryl methyl sites for hydroxylation is 1. The van der Waals surface area contributed by atoms with Crippen molar-refractivity contribution in [3.8, 4) is 5.75 Å². The van der Waals surface area contributed by atoms with Crippen molar-refractivity contribution in [3.05, 3.63) is 29.8 Å². The molecule has 0 spiro atoms. The van der Waals surface area contributed by atoms with Crippen LogP contribution < -0.4 is 10.5 Å². The molecule has 0 bridgehead atoms. The van der Waals surface area contributed by atoms with Gasteiger partial charge in [0.2, 0.25) is 5.91 Å². The standard InChI is InChI=1S/C12H18N2O2.C2H6/c1-10-4-3-5-11(8-10)16-7-6-14(2)9-12(13)15;1-2/h3-5,8H,6-7,9H2,1-2H3,(H2,13,15);1-2H3. The van der Waals surface area contributed by atoms with Gasteiger partial charge >= 0.3 is 0 Å². The number of amides is 1. The molecule has 0 aliphatic heterocycles. The maximum atomic E-state index is 10.6. The molecule has 0 atom stereocenters. The zero-order valence-corrected chi connectivity index (χ0v) is 11.8. The lowest BCUT2D eigenvalue weighted by Crippen LogP contribution is -2.33. The third kappa shape index (κ3) is 7.68. The molecule has 0 heterocycles. The Bertz CT molecular complexity index is 353. The van der Waals surface area contributed by atoms with E-state index in [-0.39, 0.29) is 12.5 Å². The number of hydrogen-bond acceptors (Lipinski definition) is 3. The highest BCUT2D eigenvalue weighted by molar-refractivity contribution is 5.75. The predicted octanol–water partition coefficient (Wildman–Crippen LogP) is 1.82. The van der Waals surface area contributed by atoms with Crippen molar-refractivity contribution in [1.82, 2.24) is 4.90 Å². The van der Waals surface area contributed by atoms with E-state index in [1.807, 2.05) is 57.0 Å². The van der Waals surface area contributed by atoms with E-state index in [0.717, 1.165) is 5.75 Å². The Balaban J connectivity index is 0.00000137. The zero-order valence-electron chi connectivity index (χ0n) is 11.8. The number of likely N-dealkylation sites (N-methyl/N-ethyl adjacent to an activating group) is 1. The summed E-state index contributed by atoms with van der Waals surface area (Å²) in [5, 5.41) is 0. The van der Waals surface area contributed by atoms with Gasteiger partial charge in [0.1, 0.15) is 12.4 Å². The SMILES string of the molecule is CC.Cc1cccc(OCCN(C)CC(N)=O)c1. The number of nitrogens with two attached hydrogens (primary N) is 1. The van der Waals surface area contributed by atoms with Crippen LogP contribution in [0.1, 0.15) is 19.4 Å². The molecule has 102 valence electrons. The topological polar surface area (TPSA) is 55.6 Å². The van der Waals surface area contributed by atoms with Gasteiger partial charge in [0.15, 0.2) is 0 Å². The summed E-state index contributed by atoms with van der Waals surface area (Å²) >= 11 is 0. The molecule has 0 unspecified atom stereocenters. The van der Waals surface area contributed by atoms with Gasteiger partial charge in [0.05, 0.1) is 6.54 Å². The van der Waals surface area contributed by atoms with E-state index in [1.165, 1.54) is 5.56 Å². The number of ether oxygens (including phenoxy) is 1. The lowest BCUT2D eigenvalue weighted by atomic mass is 10.2. The lowest BCUT2D eigenvalue weighted by Gasteiger charge is -2.14. The molecular formula is C14H24N2O2. The number of rotatable bonds is 6. The second-order valence-electron chi connectivity index (χ2n) is 3.87. The third-order valence-electron chi connectivity index (χ3n) is 2.16. The van der Waals surface area contributed by atoms with Gasteiger partial charge in [-0.3, -0.25) is 9.69 Å². The van der Waals surface area contributed by atoms with E-state index >= 15 is 0 Å². The highest BCUT2D eigenvalue weighted by Crippen LogP contribution is 2.11. The molecule has 0 saturated carbocycles. The summed E-state index contributed by atoms with van der Waals surface area (Å²) in [7, 11) is 1.84. The van der Waals surface area contributed by atoms with Crippen LogP contribution in [0.25, 0.3) is 0 Å². The first kappa shape index (κ1) is 16.4. The van der Waals surface area contributed by atoms with Crippen LogP contribution in [0.5, 0.6) is 5.75 Å². The average molecular weight is 252 g/mol. The fraction of sp³-hybridized carbons (Fsp3) is 0.500. The molecule has 1 aromatic rings. The number of benzene rings is 1. The van der Waals surface area contributed by atoms with Crippen LogP contribution in [-0.4, -0.2) is 37.6 Å². The first-order valence-electron chi connectivity index (χ1n) is 6.24. The van der Waals surface area contributed by atoms with Gasteiger partial charge in [-0.15, -0.1) is 0 Å². The van der Waals surface area contributed by atoms with Gasteiger partial charge in [-0.25, -0.2) is 0 Å². The van der Waals surface area contributed by atoms with Gasteiger partial charge in [0, 0.05) is 6.54 Å². The number of carbonyl (C=O) groups excluding carboxylic acids is 1. The fourth-order valence-corrected chi connectivity index (χ4v) is 1.37. The van der Waals surface area contributed by atoms with E-state index in [1.54, 1.807) is 0 Å². The predicted molar refractivity (Wildman–Crippen MR) is 74.7 cm³/mol. The minimum atomic E-state index is -0.321. The Hall–Kier alpha value is -1.55.